The Hall–Kier alpha value is -1.82. The maximum absolute atomic E-state index is 11.9. The number of benzene rings is 1. The van der Waals surface area contributed by atoms with Crippen molar-refractivity contribution >= 4 is 39.1 Å². The molecule has 1 amide bonds. The molecule has 5 nitrogen and oxygen atoms in total. The van der Waals surface area contributed by atoms with Crippen LogP contribution in [0.3, 0.4) is 0 Å². The smallest absolute Gasteiger partial charge is 0.337 e. The van der Waals surface area contributed by atoms with Gasteiger partial charge in [-0.3, -0.25) is 4.79 Å². The van der Waals surface area contributed by atoms with Crippen LogP contribution >= 0.6 is 15.9 Å². The molecule has 6 heteroatoms. The Balaban J connectivity index is 3.21. The van der Waals surface area contributed by atoms with Gasteiger partial charge in [-0.1, -0.05) is 15.9 Å². The lowest BCUT2D eigenvalue weighted by atomic mass is 10.0. The van der Waals surface area contributed by atoms with Gasteiger partial charge >= 0.3 is 5.97 Å². The summed E-state index contributed by atoms with van der Waals surface area (Å²) >= 11 is 3.25. The fourth-order valence-electron chi connectivity index (χ4n) is 1.80. The van der Waals surface area contributed by atoms with E-state index in [9.17, 15) is 9.59 Å². The fourth-order valence-corrected chi connectivity index (χ4v) is 2.26. The summed E-state index contributed by atoms with van der Waals surface area (Å²) in [5, 5.41) is 11.9. The van der Waals surface area contributed by atoms with E-state index in [2.05, 4.69) is 21.2 Å². The molecular weight excluding hydrogens is 336 g/mol. The second-order valence-corrected chi connectivity index (χ2v) is 6.70. The zero-order valence-corrected chi connectivity index (χ0v) is 14.0. The second kappa shape index (κ2) is 6.30. The van der Waals surface area contributed by atoms with Gasteiger partial charge in [0.05, 0.1) is 11.3 Å². The number of hydrogen-bond acceptors (Lipinski definition) is 3. The number of carboxylic acids is 1. The molecule has 1 aromatic rings. The summed E-state index contributed by atoms with van der Waals surface area (Å²) < 4.78 is 0.591. The van der Waals surface area contributed by atoms with E-state index in [4.69, 9.17) is 10.8 Å². The van der Waals surface area contributed by atoms with E-state index in [0.29, 0.717) is 15.6 Å². The first kappa shape index (κ1) is 17.2. The Morgan fingerprint density at radius 2 is 1.81 bits per heavy atom. The summed E-state index contributed by atoms with van der Waals surface area (Å²) in [5.41, 5.74) is 6.80. The van der Waals surface area contributed by atoms with Crippen molar-refractivity contribution in [1.29, 1.82) is 0 Å². The molecule has 0 saturated carbocycles. The molecule has 0 aliphatic heterocycles. The third-order valence-corrected chi connectivity index (χ3v) is 3.10. The number of amides is 1. The fraction of sp³-hybridized carbons (Fsp3) is 0.333. The van der Waals surface area contributed by atoms with Crippen molar-refractivity contribution in [2.24, 2.45) is 0 Å². The number of anilines is 1. The van der Waals surface area contributed by atoms with Crippen molar-refractivity contribution in [3.05, 3.63) is 33.8 Å². The average Bonchev–Trinajstić information content (AvgIpc) is 2.28. The standard InChI is InChI=1S/C15H19BrN2O3/c1-8(5-12(19)18-15(2,3)4)10-6-9(16)7-11(13(10)17)14(20)21/h5-7H,17H2,1-4H3,(H,18,19)(H,20,21). The molecule has 0 fully saturated rings. The number of aromatic carboxylic acids is 1. The topological polar surface area (TPSA) is 92.4 Å². The van der Waals surface area contributed by atoms with Crippen LogP contribution in [0.5, 0.6) is 0 Å². The third-order valence-electron chi connectivity index (χ3n) is 2.65. The minimum Gasteiger partial charge on any atom is -0.478 e. The monoisotopic (exact) mass is 354 g/mol. The number of hydrogen-bond donors (Lipinski definition) is 3. The van der Waals surface area contributed by atoms with Gasteiger partial charge in [-0.25, -0.2) is 4.79 Å². The summed E-state index contributed by atoms with van der Waals surface area (Å²) in [7, 11) is 0. The van der Waals surface area contributed by atoms with Crippen LogP contribution in [0.25, 0.3) is 5.57 Å². The lowest BCUT2D eigenvalue weighted by Gasteiger charge is -2.19. The zero-order valence-electron chi connectivity index (χ0n) is 12.5. The molecule has 1 aromatic carbocycles. The molecule has 0 spiro atoms. The molecule has 0 aromatic heterocycles. The van der Waals surface area contributed by atoms with Crippen molar-refractivity contribution in [1.82, 2.24) is 5.32 Å². The van der Waals surface area contributed by atoms with Gasteiger partial charge in [0, 0.05) is 21.7 Å². The quantitative estimate of drug-likeness (QED) is 0.574. The summed E-state index contributed by atoms with van der Waals surface area (Å²) in [6.07, 6.45) is 1.41. The summed E-state index contributed by atoms with van der Waals surface area (Å²) in [5.74, 6) is -1.36. The highest BCUT2D eigenvalue weighted by Gasteiger charge is 2.16. The molecule has 1 rings (SSSR count). The van der Waals surface area contributed by atoms with E-state index in [1.807, 2.05) is 20.8 Å². The first-order valence-electron chi connectivity index (χ1n) is 6.34. The van der Waals surface area contributed by atoms with E-state index < -0.39 is 5.97 Å². The third kappa shape index (κ3) is 4.90. The van der Waals surface area contributed by atoms with Crippen LogP contribution < -0.4 is 11.1 Å². The molecule has 0 radical (unpaired) electrons. The first-order valence-corrected chi connectivity index (χ1v) is 7.13. The number of carbonyl (C=O) groups excluding carboxylic acids is 1. The Bertz CT molecular complexity index is 616. The molecule has 0 atom stereocenters. The molecular formula is C15H19BrN2O3. The zero-order chi connectivity index (χ0) is 16.4. The van der Waals surface area contributed by atoms with Crippen LogP contribution in [0.4, 0.5) is 5.69 Å². The number of carbonyl (C=O) groups is 2. The number of nitrogens with two attached hydrogens (primary N) is 1. The van der Waals surface area contributed by atoms with E-state index >= 15 is 0 Å². The Morgan fingerprint density at radius 1 is 1.29 bits per heavy atom. The van der Waals surface area contributed by atoms with Crippen molar-refractivity contribution < 1.29 is 14.7 Å². The highest BCUT2D eigenvalue weighted by atomic mass is 79.9. The number of halogens is 1. The van der Waals surface area contributed by atoms with Crippen LogP contribution in [-0.4, -0.2) is 22.5 Å². The van der Waals surface area contributed by atoms with Gasteiger partial charge in [0.25, 0.3) is 0 Å². The number of rotatable bonds is 3. The molecule has 4 N–H and O–H groups in total. The van der Waals surface area contributed by atoms with Gasteiger partial charge < -0.3 is 16.2 Å². The van der Waals surface area contributed by atoms with Gasteiger partial charge in [0.1, 0.15) is 0 Å². The van der Waals surface area contributed by atoms with Gasteiger partial charge in [-0.05, 0) is 45.4 Å². The number of nitrogens with one attached hydrogen (secondary N) is 1. The first-order chi connectivity index (χ1) is 9.51. The SMILES string of the molecule is CC(=CC(=O)NC(C)(C)C)c1cc(Br)cc(C(=O)O)c1N. The van der Waals surface area contributed by atoms with Gasteiger partial charge in [0.2, 0.25) is 5.91 Å². The van der Waals surface area contributed by atoms with E-state index in [-0.39, 0.29) is 22.7 Å². The van der Waals surface area contributed by atoms with Crippen LogP contribution in [0.2, 0.25) is 0 Å². The molecule has 0 heterocycles. The Labute approximate surface area is 132 Å². The minimum absolute atomic E-state index is 0.00311. The van der Waals surface area contributed by atoms with Gasteiger partial charge in [-0.15, -0.1) is 0 Å². The van der Waals surface area contributed by atoms with E-state index in [1.165, 1.54) is 12.1 Å². The molecule has 0 aliphatic carbocycles. The maximum atomic E-state index is 11.9. The van der Waals surface area contributed by atoms with Crippen molar-refractivity contribution in [2.75, 3.05) is 5.73 Å². The lowest BCUT2D eigenvalue weighted by Crippen LogP contribution is -2.39. The largest absolute Gasteiger partial charge is 0.478 e. The van der Waals surface area contributed by atoms with Crippen molar-refractivity contribution in [3.8, 4) is 0 Å². The lowest BCUT2D eigenvalue weighted by molar-refractivity contribution is -0.117. The molecule has 0 bridgehead atoms. The average molecular weight is 355 g/mol. The van der Waals surface area contributed by atoms with Crippen molar-refractivity contribution in [2.45, 2.75) is 33.2 Å². The highest BCUT2D eigenvalue weighted by molar-refractivity contribution is 9.10. The Morgan fingerprint density at radius 3 is 2.29 bits per heavy atom. The van der Waals surface area contributed by atoms with Crippen LogP contribution in [0.15, 0.2) is 22.7 Å². The Kier molecular flexibility index (Phi) is 5.17. The molecule has 0 unspecified atom stereocenters. The van der Waals surface area contributed by atoms with Gasteiger partial charge in [-0.2, -0.15) is 0 Å². The van der Waals surface area contributed by atoms with E-state index in [0.717, 1.165) is 0 Å². The highest BCUT2D eigenvalue weighted by Crippen LogP contribution is 2.29. The number of nitrogen functional groups attached to an aromatic ring is 1. The molecule has 0 saturated heterocycles. The molecule has 114 valence electrons. The van der Waals surface area contributed by atoms with Gasteiger partial charge in [0.15, 0.2) is 0 Å². The second-order valence-electron chi connectivity index (χ2n) is 5.79. The number of allylic oxidation sites excluding steroid dienone is 1. The summed E-state index contributed by atoms with van der Waals surface area (Å²) in [6, 6.07) is 3.13. The van der Waals surface area contributed by atoms with Crippen molar-refractivity contribution in [3.63, 3.8) is 0 Å². The normalized spacial score (nSPS) is 12.1. The molecule has 0 aliphatic rings. The van der Waals surface area contributed by atoms with Crippen LogP contribution in [-0.2, 0) is 4.79 Å². The van der Waals surface area contributed by atoms with Crippen LogP contribution in [0, 0.1) is 0 Å². The summed E-state index contributed by atoms with van der Waals surface area (Å²) in [4.78, 5) is 23.1. The molecule has 21 heavy (non-hydrogen) atoms. The minimum atomic E-state index is -1.11. The number of carboxylic acid groups (broad SMARTS) is 1. The van der Waals surface area contributed by atoms with E-state index in [1.54, 1.807) is 13.0 Å². The predicted octanol–water partition coefficient (Wildman–Crippen LogP) is 3.05. The summed E-state index contributed by atoms with van der Waals surface area (Å²) in [6.45, 7) is 7.35. The van der Waals surface area contributed by atoms with Crippen LogP contribution in [0.1, 0.15) is 43.6 Å². The predicted molar refractivity (Wildman–Crippen MR) is 87.1 cm³/mol. The maximum Gasteiger partial charge on any atom is 0.337 e.